The second-order valence-electron chi connectivity index (χ2n) is 13.6. The molecule has 3 heteroatoms. The summed E-state index contributed by atoms with van der Waals surface area (Å²) in [5, 5.41) is 7.08. The van der Waals surface area contributed by atoms with Gasteiger partial charge in [-0.3, -0.25) is 0 Å². The van der Waals surface area contributed by atoms with Crippen LogP contribution in [0.3, 0.4) is 0 Å². The summed E-state index contributed by atoms with van der Waals surface area (Å²) >= 11 is 0. The zero-order valence-corrected chi connectivity index (χ0v) is 29.4. The minimum Gasteiger partial charge on any atom is -0.208 e. The molecule has 54 heavy (non-hydrogen) atoms. The molecule has 10 aromatic rings. The average molecular weight is 688 g/mol. The molecule has 252 valence electrons. The van der Waals surface area contributed by atoms with Gasteiger partial charge in [-0.1, -0.05) is 176 Å². The molecular weight excluding hydrogens is 655 g/mol. The lowest BCUT2D eigenvalue weighted by Crippen LogP contribution is -2.01. The minimum absolute atomic E-state index is 0.640. The molecule has 0 fully saturated rings. The number of nitrogens with zero attached hydrogens (tertiary/aromatic N) is 3. The molecule has 9 aromatic carbocycles. The first-order valence-corrected chi connectivity index (χ1v) is 18.3. The fourth-order valence-corrected chi connectivity index (χ4v) is 7.69. The van der Waals surface area contributed by atoms with Crippen LogP contribution < -0.4 is 0 Å². The van der Waals surface area contributed by atoms with Crippen LogP contribution in [0.15, 0.2) is 200 Å². The van der Waals surface area contributed by atoms with Crippen molar-refractivity contribution in [2.45, 2.75) is 0 Å². The maximum Gasteiger partial charge on any atom is 0.164 e. The van der Waals surface area contributed by atoms with Crippen molar-refractivity contribution in [1.29, 1.82) is 0 Å². The van der Waals surface area contributed by atoms with Crippen molar-refractivity contribution in [3.63, 3.8) is 0 Å². The van der Waals surface area contributed by atoms with Crippen molar-refractivity contribution >= 4 is 32.3 Å². The lowest BCUT2D eigenvalue weighted by atomic mass is 9.88. The molecule has 0 aliphatic rings. The first-order valence-electron chi connectivity index (χ1n) is 18.3. The highest BCUT2D eigenvalue weighted by atomic mass is 15.0. The predicted octanol–water partition coefficient (Wildman–Crippen LogP) is 13.3. The van der Waals surface area contributed by atoms with Gasteiger partial charge >= 0.3 is 0 Å². The van der Waals surface area contributed by atoms with Gasteiger partial charge in [-0.2, -0.15) is 0 Å². The van der Waals surface area contributed by atoms with Crippen LogP contribution in [0.25, 0.3) is 99.9 Å². The number of hydrogen-bond acceptors (Lipinski definition) is 3. The van der Waals surface area contributed by atoms with E-state index in [1.54, 1.807) is 0 Å². The first-order chi connectivity index (χ1) is 26.8. The molecule has 0 unspecified atom stereocenters. The molecule has 0 aliphatic heterocycles. The summed E-state index contributed by atoms with van der Waals surface area (Å²) in [6, 6.07) is 70.6. The SMILES string of the molecule is c1ccc(-c2cccc(-c3cccc(-c4cc(-c5nc(-c6ccccc6)nc(-c6ccccc6)n5)c5c6ccccc6c6ccccc6c5c4)c3)c2)cc1. The minimum atomic E-state index is 0.640. The van der Waals surface area contributed by atoms with Crippen LogP contribution in [0.1, 0.15) is 0 Å². The van der Waals surface area contributed by atoms with Crippen LogP contribution in [0.5, 0.6) is 0 Å². The van der Waals surface area contributed by atoms with Crippen LogP contribution in [0.4, 0.5) is 0 Å². The third-order valence-corrected chi connectivity index (χ3v) is 10.3. The fraction of sp³-hybridized carbons (Fsp3) is 0. The zero-order valence-electron chi connectivity index (χ0n) is 29.4. The first kappa shape index (κ1) is 31.5. The van der Waals surface area contributed by atoms with Crippen molar-refractivity contribution in [1.82, 2.24) is 15.0 Å². The Labute approximate surface area is 313 Å². The van der Waals surface area contributed by atoms with Crippen molar-refractivity contribution in [3.05, 3.63) is 200 Å². The lowest BCUT2D eigenvalue weighted by molar-refractivity contribution is 1.08. The summed E-state index contributed by atoms with van der Waals surface area (Å²) in [6.07, 6.45) is 0. The van der Waals surface area contributed by atoms with Crippen LogP contribution in [0, 0.1) is 0 Å². The van der Waals surface area contributed by atoms with Gasteiger partial charge in [0.1, 0.15) is 0 Å². The molecule has 0 bridgehead atoms. The van der Waals surface area contributed by atoms with E-state index in [2.05, 4.69) is 164 Å². The largest absolute Gasteiger partial charge is 0.208 e. The number of rotatable bonds is 6. The standard InChI is InChI=1S/C51H33N3/c1-4-16-34(17-5-1)37-22-14-23-38(30-37)39-24-15-25-40(31-39)41-32-46-44-28-11-10-26-42(44)43-27-12-13-29-45(43)48(46)47(33-41)51-53-49(35-18-6-2-7-19-35)52-50(54-51)36-20-8-3-9-21-36/h1-33H. The van der Waals surface area contributed by atoms with Crippen molar-refractivity contribution in [2.75, 3.05) is 0 Å². The van der Waals surface area contributed by atoms with E-state index >= 15 is 0 Å². The van der Waals surface area contributed by atoms with Crippen molar-refractivity contribution in [3.8, 4) is 67.5 Å². The second-order valence-corrected chi connectivity index (χ2v) is 13.6. The van der Waals surface area contributed by atoms with Gasteiger partial charge in [0.2, 0.25) is 0 Å². The Morgan fingerprint density at radius 1 is 0.222 bits per heavy atom. The van der Waals surface area contributed by atoms with Crippen LogP contribution in [-0.4, -0.2) is 15.0 Å². The number of fused-ring (bicyclic) bond motifs is 6. The highest BCUT2D eigenvalue weighted by Gasteiger charge is 2.19. The van der Waals surface area contributed by atoms with E-state index in [0.29, 0.717) is 17.5 Å². The molecular formula is C51H33N3. The Balaban J connectivity index is 1.25. The molecule has 0 atom stereocenters. The number of hydrogen-bond donors (Lipinski definition) is 0. The fourth-order valence-electron chi connectivity index (χ4n) is 7.69. The molecule has 0 amide bonds. The maximum absolute atomic E-state index is 5.25. The highest BCUT2D eigenvalue weighted by molar-refractivity contribution is 6.28. The number of benzene rings is 9. The Kier molecular flexibility index (Phi) is 7.81. The summed E-state index contributed by atoms with van der Waals surface area (Å²) < 4.78 is 0. The molecule has 0 N–H and O–H groups in total. The molecule has 0 saturated carbocycles. The zero-order chi connectivity index (χ0) is 35.8. The van der Waals surface area contributed by atoms with Gasteiger partial charge in [0, 0.05) is 22.1 Å². The molecule has 10 rings (SSSR count). The van der Waals surface area contributed by atoms with Gasteiger partial charge in [-0.05, 0) is 84.6 Å². The van der Waals surface area contributed by atoms with Crippen molar-refractivity contribution < 1.29 is 0 Å². The summed E-state index contributed by atoms with van der Waals surface area (Å²) in [7, 11) is 0. The smallest absolute Gasteiger partial charge is 0.164 e. The highest BCUT2D eigenvalue weighted by Crippen LogP contribution is 2.43. The van der Waals surface area contributed by atoms with Gasteiger partial charge in [-0.15, -0.1) is 0 Å². The van der Waals surface area contributed by atoms with E-state index in [4.69, 9.17) is 15.0 Å². The van der Waals surface area contributed by atoms with E-state index in [0.717, 1.165) is 44.2 Å². The van der Waals surface area contributed by atoms with E-state index < -0.39 is 0 Å². The summed E-state index contributed by atoms with van der Waals surface area (Å²) in [4.78, 5) is 15.5. The van der Waals surface area contributed by atoms with Gasteiger partial charge in [0.05, 0.1) is 0 Å². The molecule has 0 radical (unpaired) electrons. The van der Waals surface area contributed by atoms with Gasteiger partial charge in [0.25, 0.3) is 0 Å². The Morgan fingerprint density at radius 2 is 0.593 bits per heavy atom. The van der Waals surface area contributed by atoms with Gasteiger partial charge in [-0.25, -0.2) is 15.0 Å². The Morgan fingerprint density at radius 3 is 1.13 bits per heavy atom. The molecule has 1 heterocycles. The maximum atomic E-state index is 5.25. The third kappa shape index (κ3) is 5.69. The molecule has 0 aliphatic carbocycles. The second kappa shape index (κ2) is 13.4. The molecule has 0 spiro atoms. The Hall–Kier alpha value is -7.23. The topological polar surface area (TPSA) is 38.7 Å². The summed E-state index contributed by atoms with van der Waals surface area (Å²) in [5.41, 5.74) is 9.82. The third-order valence-electron chi connectivity index (χ3n) is 10.3. The van der Waals surface area contributed by atoms with E-state index in [9.17, 15) is 0 Å². The van der Waals surface area contributed by atoms with Crippen LogP contribution in [0.2, 0.25) is 0 Å². The molecule has 3 nitrogen and oxygen atoms in total. The van der Waals surface area contributed by atoms with Crippen molar-refractivity contribution in [2.24, 2.45) is 0 Å². The van der Waals surface area contributed by atoms with Crippen LogP contribution in [-0.2, 0) is 0 Å². The average Bonchev–Trinajstić information content (AvgIpc) is 3.27. The lowest BCUT2D eigenvalue weighted by Gasteiger charge is -2.17. The van der Waals surface area contributed by atoms with Crippen LogP contribution >= 0.6 is 0 Å². The summed E-state index contributed by atoms with van der Waals surface area (Å²) in [5.74, 6) is 1.92. The summed E-state index contributed by atoms with van der Waals surface area (Å²) in [6.45, 7) is 0. The van der Waals surface area contributed by atoms with E-state index in [1.165, 1.54) is 38.2 Å². The Bertz CT molecular complexity index is 2920. The quantitative estimate of drug-likeness (QED) is 0.163. The molecule has 0 saturated heterocycles. The predicted molar refractivity (Wildman–Crippen MR) is 225 cm³/mol. The van der Waals surface area contributed by atoms with E-state index in [-0.39, 0.29) is 0 Å². The van der Waals surface area contributed by atoms with E-state index in [1.807, 2.05) is 36.4 Å². The number of aromatic nitrogens is 3. The monoisotopic (exact) mass is 687 g/mol. The van der Waals surface area contributed by atoms with Gasteiger partial charge in [0.15, 0.2) is 17.5 Å². The van der Waals surface area contributed by atoms with Gasteiger partial charge < -0.3 is 0 Å². The molecule has 1 aromatic heterocycles. The normalized spacial score (nSPS) is 11.3.